The van der Waals surface area contributed by atoms with Gasteiger partial charge in [-0.1, -0.05) is 306 Å². The zero-order valence-electron chi connectivity index (χ0n) is 55.6. The molecule has 0 rings (SSSR count). The lowest BCUT2D eigenvalue weighted by molar-refractivity contribution is -0.870. The van der Waals surface area contributed by atoms with E-state index in [1.54, 1.807) is 0 Å². The molecule has 9 nitrogen and oxygen atoms in total. The fourth-order valence-corrected chi connectivity index (χ4v) is 10.5. The molecule has 0 aliphatic rings. The number of quaternary nitrogens is 1. The summed E-state index contributed by atoms with van der Waals surface area (Å²) in [4.78, 5) is 37.5. The van der Waals surface area contributed by atoms with E-state index in [4.69, 9.17) is 18.9 Å². The molecule has 0 radical (unpaired) electrons. The number of hydrogen-bond donors (Lipinski definition) is 1. The number of aliphatic carboxylic acids is 1. The number of esters is 2. The fraction of sp³-hybridized carbons (Fsp3) is 0.851. The average Bonchev–Trinajstić information content (AvgIpc) is 3.46. The minimum Gasteiger partial charge on any atom is -0.477 e. The van der Waals surface area contributed by atoms with Gasteiger partial charge in [0.15, 0.2) is 6.10 Å². The third-order valence-corrected chi connectivity index (χ3v) is 16.1. The van der Waals surface area contributed by atoms with E-state index >= 15 is 0 Å². The van der Waals surface area contributed by atoms with Gasteiger partial charge in [0.25, 0.3) is 6.29 Å². The molecule has 0 aromatic heterocycles. The van der Waals surface area contributed by atoms with E-state index < -0.39 is 18.4 Å². The largest absolute Gasteiger partial charge is 0.477 e. The molecule has 0 fully saturated rings. The van der Waals surface area contributed by atoms with Gasteiger partial charge in [-0.05, 0) is 77.0 Å². The topological polar surface area (TPSA) is 108 Å². The van der Waals surface area contributed by atoms with Crippen molar-refractivity contribution in [2.75, 3.05) is 47.5 Å². The Bertz CT molecular complexity index is 1500. The number of hydrogen-bond acceptors (Lipinski definition) is 7. The standard InChI is InChI=1S/C74H137NO8/c1-6-8-10-12-14-16-18-20-22-24-25-26-27-28-29-30-31-32-33-34-35-36-37-38-39-40-41-42-43-44-45-46-47-49-51-53-55-57-59-61-63-65-72(77)83-70(69-82-74(73(78)79)80-67-66-75(3,4)5)68-81-71(76)64-62-60-58-56-54-52-50-48-23-21-19-17-15-13-11-9-7-2/h18,20-21,23-25,27-28,70,74H,6-17,19,22,26,29-69H2,1-5H3/p+1/b20-18-,23-21-,25-24-,28-27-. The highest BCUT2D eigenvalue weighted by Gasteiger charge is 2.25. The highest BCUT2D eigenvalue weighted by molar-refractivity contribution is 5.71. The predicted molar refractivity (Wildman–Crippen MR) is 355 cm³/mol. The number of allylic oxidation sites excluding steroid dienone is 8. The Hall–Kier alpha value is -2.75. The highest BCUT2D eigenvalue weighted by atomic mass is 16.7. The number of rotatable bonds is 67. The van der Waals surface area contributed by atoms with Gasteiger partial charge in [0.2, 0.25) is 0 Å². The maximum atomic E-state index is 12.9. The Balaban J connectivity index is 3.93. The van der Waals surface area contributed by atoms with Gasteiger partial charge in [-0.15, -0.1) is 0 Å². The average molecular weight is 1170 g/mol. The Morgan fingerprint density at radius 1 is 0.361 bits per heavy atom. The third-order valence-electron chi connectivity index (χ3n) is 16.1. The van der Waals surface area contributed by atoms with E-state index in [9.17, 15) is 19.5 Å². The summed E-state index contributed by atoms with van der Waals surface area (Å²) in [6, 6.07) is 0. The van der Waals surface area contributed by atoms with Gasteiger partial charge in [-0.25, -0.2) is 4.79 Å². The summed E-state index contributed by atoms with van der Waals surface area (Å²) in [6.07, 6.45) is 81.1. The van der Waals surface area contributed by atoms with Crippen LogP contribution >= 0.6 is 0 Å². The second kappa shape index (κ2) is 65.2. The molecule has 0 spiro atoms. The number of carboxylic acid groups (broad SMARTS) is 1. The van der Waals surface area contributed by atoms with E-state index in [1.165, 1.54) is 270 Å². The van der Waals surface area contributed by atoms with Crippen molar-refractivity contribution >= 4 is 17.9 Å². The lowest BCUT2D eigenvalue weighted by Crippen LogP contribution is -2.40. The molecule has 9 heteroatoms. The molecule has 0 aromatic carbocycles. The quantitative estimate of drug-likeness (QED) is 0.0211. The lowest BCUT2D eigenvalue weighted by Gasteiger charge is -2.25. The Morgan fingerprint density at radius 3 is 0.976 bits per heavy atom. The number of ether oxygens (including phenoxy) is 4. The molecule has 486 valence electrons. The number of carbonyl (C=O) groups is 3. The van der Waals surface area contributed by atoms with Gasteiger partial charge in [0.1, 0.15) is 13.2 Å². The molecule has 0 bridgehead atoms. The molecular formula is C74H138NO8+. The molecule has 2 unspecified atom stereocenters. The Labute approximate surface area is 514 Å². The highest BCUT2D eigenvalue weighted by Crippen LogP contribution is 2.18. The minimum atomic E-state index is -1.51. The number of carboxylic acids is 1. The van der Waals surface area contributed by atoms with Crippen LogP contribution in [0.2, 0.25) is 0 Å². The maximum Gasteiger partial charge on any atom is 0.361 e. The smallest absolute Gasteiger partial charge is 0.361 e. The number of likely N-dealkylation sites (N-methyl/N-ethyl adjacent to an activating group) is 1. The zero-order valence-corrected chi connectivity index (χ0v) is 55.6. The summed E-state index contributed by atoms with van der Waals surface area (Å²) >= 11 is 0. The van der Waals surface area contributed by atoms with Gasteiger partial charge in [-0.2, -0.15) is 0 Å². The minimum absolute atomic E-state index is 0.180. The number of unbranched alkanes of at least 4 members (excludes halogenated alkanes) is 44. The molecule has 2 atom stereocenters. The van der Waals surface area contributed by atoms with Crippen molar-refractivity contribution < 1.29 is 42.9 Å². The first-order valence-electron chi connectivity index (χ1n) is 35.8. The lowest BCUT2D eigenvalue weighted by atomic mass is 10.0. The van der Waals surface area contributed by atoms with Crippen LogP contribution in [0.5, 0.6) is 0 Å². The van der Waals surface area contributed by atoms with Crippen molar-refractivity contribution in [1.82, 2.24) is 0 Å². The Kier molecular flexibility index (Phi) is 63.1. The molecule has 0 saturated heterocycles. The van der Waals surface area contributed by atoms with Gasteiger partial charge in [0.05, 0.1) is 34.4 Å². The van der Waals surface area contributed by atoms with Crippen molar-refractivity contribution in [2.45, 2.75) is 360 Å². The summed E-state index contributed by atoms with van der Waals surface area (Å²) in [7, 11) is 5.98. The molecule has 0 aliphatic heterocycles. The summed E-state index contributed by atoms with van der Waals surface area (Å²) in [6.45, 7) is 4.90. The van der Waals surface area contributed by atoms with Crippen molar-refractivity contribution in [3.63, 3.8) is 0 Å². The van der Waals surface area contributed by atoms with E-state index in [0.717, 1.165) is 51.4 Å². The predicted octanol–water partition coefficient (Wildman–Crippen LogP) is 22.1. The molecule has 0 aromatic rings. The SMILES string of the molecule is CCCCCCC/C=C\C/C=C\C/C=C\CCCCCCCCCCCCCCCCCCCCCCCCCCCCC(=O)OC(COC(=O)CCCCCCCCC/C=C\CCCCCCCC)COC(OCC[N+](C)(C)C)C(=O)O. The van der Waals surface area contributed by atoms with Crippen LogP contribution in [0.3, 0.4) is 0 Å². The first-order chi connectivity index (χ1) is 40.6. The van der Waals surface area contributed by atoms with Crippen molar-refractivity contribution in [3.05, 3.63) is 48.6 Å². The van der Waals surface area contributed by atoms with Crippen LogP contribution in [0.4, 0.5) is 0 Å². The van der Waals surface area contributed by atoms with Crippen molar-refractivity contribution in [2.24, 2.45) is 0 Å². The normalized spacial score (nSPS) is 12.9. The molecule has 0 amide bonds. The molecule has 0 heterocycles. The van der Waals surface area contributed by atoms with Gasteiger partial charge in [-0.3, -0.25) is 9.59 Å². The molecule has 0 aliphatic carbocycles. The Morgan fingerprint density at radius 2 is 0.651 bits per heavy atom. The summed E-state index contributed by atoms with van der Waals surface area (Å²) in [5, 5.41) is 9.73. The summed E-state index contributed by atoms with van der Waals surface area (Å²) < 4.78 is 23.0. The molecule has 83 heavy (non-hydrogen) atoms. The number of nitrogens with zero attached hydrogens (tertiary/aromatic N) is 1. The summed E-state index contributed by atoms with van der Waals surface area (Å²) in [5.74, 6) is -1.99. The fourth-order valence-electron chi connectivity index (χ4n) is 10.5. The van der Waals surface area contributed by atoms with Crippen LogP contribution in [0.15, 0.2) is 48.6 Å². The van der Waals surface area contributed by atoms with E-state index in [2.05, 4.69) is 62.5 Å². The zero-order chi connectivity index (χ0) is 60.5. The van der Waals surface area contributed by atoms with Crippen LogP contribution in [0.25, 0.3) is 0 Å². The van der Waals surface area contributed by atoms with Crippen LogP contribution < -0.4 is 0 Å². The van der Waals surface area contributed by atoms with Crippen molar-refractivity contribution in [3.8, 4) is 0 Å². The monoisotopic (exact) mass is 1170 g/mol. The van der Waals surface area contributed by atoms with Gasteiger partial charge in [0, 0.05) is 12.8 Å². The third kappa shape index (κ3) is 66.6. The first kappa shape index (κ1) is 80.2. The van der Waals surface area contributed by atoms with E-state index in [1.807, 2.05) is 21.1 Å². The van der Waals surface area contributed by atoms with Crippen LogP contribution in [0, 0.1) is 0 Å². The summed E-state index contributed by atoms with van der Waals surface area (Å²) in [5.41, 5.74) is 0. The van der Waals surface area contributed by atoms with Crippen molar-refractivity contribution in [1.29, 1.82) is 0 Å². The molecule has 1 N–H and O–H groups in total. The van der Waals surface area contributed by atoms with E-state index in [-0.39, 0.29) is 38.2 Å². The second-order valence-electron chi connectivity index (χ2n) is 25.5. The van der Waals surface area contributed by atoms with Gasteiger partial charge < -0.3 is 28.5 Å². The maximum absolute atomic E-state index is 12.9. The molecular weight excluding hydrogens is 1030 g/mol. The van der Waals surface area contributed by atoms with Crippen LogP contribution in [0.1, 0.15) is 348 Å². The second-order valence-corrected chi connectivity index (χ2v) is 25.5. The van der Waals surface area contributed by atoms with Gasteiger partial charge >= 0.3 is 17.9 Å². The first-order valence-corrected chi connectivity index (χ1v) is 35.8. The molecule has 0 saturated carbocycles. The van der Waals surface area contributed by atoms with E-state index in [0.29, 0.717) is 17.4 Å². The van der Waals surface area contributed by atoms with Crippen LogP contribution in [-0.4, -0.2) is 87.4 Å². The van der Waals surface area contributed by atoms with Crippen LogP contribution in [-0.2, 0) is 33.3 Å². The number of carbonyl (C=O) groups excluding carboxylic acids is 2.